The van der Waals surface area contributed by atoms with Gasteiger partial charge in [-0.1, -0.05) is 11.4 Å². The van der Waals surface area contributed by atoms with Crippen LogP contribution < -0.4 is 5.32 Å². The van der Waals surface area contributed by atoms with Gasteiger partial charge < -0.3 is 10.2 Å². The Labute approximate surface area is 83.1 Å². The van der Waals surface area contributed by atoms with Gasteiger partial charge in [0, 0.05) is 24.6 Å². The number of anilines is 1. The second-order valence-corrected chi connectivity index (χ2v) is 3.66. The maximum Gasteiger partial charge on any atom is 0.134 e. The van der Waals surface area contributed by atoms with Crippen LogP contribution in [0.15, 0.2) is 0 Å². The van der Waals surface area contributed by atoms with Gasteiger partial charge in [0.25, 0.3) is 0 Å². The van der Waals surface area contributed by atoms with E-state index >= 15 is 0 Å². The van der Waals surface area contributed by atoms with Crippen LogP contribution in [-0.4, -0.2) is 34.6 Å². The quantitative estimate of drug-likeness (QED) is 0.780. The van der Waals surface area contributed by atoms with Crippen LogP contribution in [0, 0.1) is 0 Å². The molecule has 0 aliphatic carbocycles. The van der Waals surface area contributed by atoms with E-state index in [9.17, 15) is 0 Å². The van der Waals surface area contributed by atoms with Gasteiger partial charge in [-0.3, -0.25) is 0 Å². The fourth-order valence-corrected chi connectivity index (χ4v) is 1.62. The summed E-state index contributed by atoms with van der Waals surface area (Å²) in [6, 6.07) is 0. The molecule has 4 nitrogen and oxygen atoms in total. The monoisotopic (exact) mass is 200 g/mol. The number of aromatic nitrogens is 2. The SMILES string of the molecule is CCNc1snnc1CN(C)CC. The molecule has 0 atom stereocenters. The predicted octanol–water partition coefficient (Wildman–Crippen LogP) is 1.42. The van der Waals surface area contributed by atoms with E-state index in [0.717, 1.165) is 30.3 Å². The molecule has 0 unspecified atom stereocenters. The van der Waals surface area contributed by atoms with E-state index in [2.05, 4.69) is 40.7 Å². The van der Waals surface area contributed by atoms with Crippen LogP contribution in [0.1, 0.15) is 19.5 Å². The summed E-state index contributed by atoms with van der Waals surface area (Å²) in [6.45, 7) is 7.03. The summed E-state index contributed by atoms with van der Waals surface area (Å²) < 4.78 is 3.93. The van der Waals surface area contributed by atoms with Crippen molar-refractivity contribution in [3.05, 3.63) is 5.69 Å². The molecule has 1 aromatic heterocycles. The smallest absolute Gasteiger partial charge is 0.134 e. The van der Waals surface area contributed by atoms with Crippen molar-refractivity contribution in [3.8, 4) is 0 Å². The average Bonchev–Trinajstić information content (AvgIpc) is 2.54. The van der Waals surface area contributed by atoms with Crippen LogP contribution >= 0.6 is 11.5 Å². The lowest BCUT2D eigenvalue weighted by Crippen LogP contribution is -2.17. The molecule has 1 N–H and O–H groups in total. The Bertz CT molecular complexity index is 248. The second-order valence-electron chi connectivity index (χ2n) is 2.91. The number of hydrogen-bond donors (Lipinski definition) is 1. The first-order chi connectivity index (χ1) is 6.27. The van der Waals surface area contributed by atoms with Crippen LogP contribution in [0.5, 0.6) is 0 Å². The first-order valence-corrected chi connectivity index (χ1v) is 5.28. The highest BCUT2D eigenvalue weighted by Crippen LogP contribution is 2.18. The summed E-state index contributed by atoms with van der Waals surface area (Å²) in [6.07, 6.45) is 0. The molecule has 5 heteroatoms. The van der Waals surface area contributed by atoms with E-state index in [-0.39, 0.29) is 0 Å². The molecule has 0 saturated heterocycles. The molecule has 1 rings (SSSR count). The summed E-state index contributed by atoms with van der Waals surface area (Å²) >= 11 is 1.43. The van der Waals surface area contributed by atoms with Crippen LogP contribution in [0.25, 0.3) is 0 Å². The van der Waals surface area contributed by atoms with Crippen molar-refractivity contribution in [1.29, 1.82) is 0 Å². The zero-order valence-corrected chi connectivity index (χ0v) is 9.19. The van der Waals surface area contributed by atoms with E-state index in [1.54, 1.807) is 0 Å². The standard InChI is InChI=1S/C8H16N4S/c1-4-9-8-7(10-11-13-8)6-12(3)5-2/h9H,4-6H2,1-3H3. The van der Waals surface area contributed by atoms with E-state index < -0.39 is 0 Å². The normalized spacial score (nSPS) is 10.8. The molecular formula is C8H16N4S. The van der Waals surface area contributed by atoms with Crippen molar-refractivity contribution in [1.82, 2.24) is 14.5 Å². The molecule has 1 heterocycles. The van der Waals surface area contributed by atoms with Crippen molar-refractivity contribution in [3.63, 3.8) is 0 Å². The summed E-state index contributed by atoms with van der Waals surface area (Å²) in [5, 5.41) is 8.44. The third-order valence-corrected chi connectivity index (χ3v) is 2.58. The maximum atomic E-state index is 4.09. The minimum absolute atomic E-state index is 0.870. The lowest BCUT2D eigenvalue weighted by atomic mass is 10.4. The summed E-state index contributed by atoms with van der Waals surface area (Å²) in [5.74, 6) is 0. The molecule has 0 radical (unpaired) electrons. The second kappa shape index (κ2) is 5.14. The van der Waals surface area contributed by atoms with Crippen molar-refractivity contribution in [2.45, 2.75) is 20.4 Å². The van der Waals surface area contributed by atoms with Crippen LogP contribution in [0.2, 0.25) is 0 Å². The molecule has 0 aliphatic heterocycles. The number of nitrogens with one attached hydrogen (secondary N) is 1. The van der Waals surface area contributed by atoms with Gasteiger partial charge >= 0.3 is 0 Å². The fourth-order valence-electron chi connectivity index (χ4n) is 0.974. The molecule has 0 amide bonds. The zero-order valence-electron chi connectivity index (χ0n) is 8.37. The van der Waals surface area contributed by atoms with Gasteiger partial charge in [0.15, 0.2) is 0 Å². The van der Waals surface area contributed by atoms with Crippen LogP contribution in [0.3, 0.4) is 0 Å². The Morgan fingerprint density at radius 3 is 2.85 bits per heavy atom. The Morgan fingerprint density at radius 1 is 1.46 bits per heavy atom. The van der Waals surface area contributed by atoms with Crippen molar-refractivity contribution >= 4 is 16.5 Å². The van der Waals surface area contributed by atoms with Gasteiger partial charge in [0.05, 0.1) is 0 Å². The summed E-state index contributed by atoms with van der Waals surface area (Å²) in [7, 11) is 2.08. The lowest BCUT2D eigenvalue weighted by molar-refractivity contribution is 0.341. The van der Waals surface area contributed by atoms with Crippen molar-refractivity contribution in [2.24, 2.45) is 0 Å². The first-order valence-electron chi connectivity index (χ1n) is 4.51. The van der Waals surface area contributed by atoms with Gasteiger partial charge in [-0.05, 0) is 20.5 Å². The highest BCUT2D eigenvalue weighted by atomic mass is 32.1. The summed E-state index contributed by atoms with van der Waals surface area (Å²) in [5.41, 5.74) is 1.05. The average molecular weight is 200 g/mol. The van der Waals surface area contributed by atoms with E-state index in [0.29, 0.717) is 0 Å². The van der Waals surface area contributed by atoms with Crippen LogP contribution in [0.4, 0.5) is 5.00 Å². The molecule has 0 bridgehead atoms. The largest absolute Gasteiger partial charge is 0.374 e. The Morgan fingerprint density at radius 2 is 2.23 bits per heavy atom. The first kappa shape index (κ1) is 10.4. The number of nitrogens with zero attached hydrogens (tertiary/aromatic N) is 3. The number of rotatable bonds is 5. The van der Waals surface area contributed by atoms with E-state index in [1.807, 2.05) is 0 Å². The van der Waals surface area contributed by atoms with E-state index in [4.69, 9.17) is 0 Å². The third-order valence-electron chi connectivity index (χ3n) is 1.85. The number of hydrogen-bond acceptors (Lipinski definition) is 5. The third kappa shape index (κ3) is 2.93. The van der Waals surface area contributed by atoms with Gasteiger partial charge in [-0.25, -0.2) is 0 Å². The lowest BCUT2D eigenvalue weighted by Gasteiger charge is -2.12. The van der Waals surface area contributed by atoms with Crippen molar-refractivity contribution in [2.75, 3.05) is 25.5 Å². The molecule has 0 fully saturated rings. The molecule has 0 aromatic carbocycles. The van der Waals surface area contributed by atoms with Crippen LogP contribution in [-0.2, 0) is 6.54 Å². The molecule has 0 aliphatic rings. The molecule has 1 aromatic rings. The minimum Gasteiger partial charge on any atom is -0.374 e. The summed E-state index contributed by atoms with van der Waals surface area (Å²) in [4.78, 5) is 2.21. The topological polar surface area (TPSA) is 41.1 Å². The van der Waals surface area contributed by atoms with E-state index in [1.165, 1.54) is 11.5 Å². The van der Waals surface area contributed by atoms with Gasteiger partial charge in [-0.2, -0.15) is 0 Å². The Balaban J connectivity index is 2.59. The highest BCUT2D eigenvalue weighted by molar-refractivity contribution is 7.10. The predicted molar refractivity (Wildman–Crippen MR) is 56.1 cm³/mol. The molecule has 74 valence electrons. The molecular weight excluding hydrogens is 184 g/mol. The fraction of sp³-hybridized carbons (Fsp3) is 0.750. The minimum atomic E-state index is 0.870. The zero-order chi connectivity index (χ0) is 9.68. The molecule has 13 heavy (non-hydrogen) atoms. The highest BCUT2D eigenvalue weighted by Gasteiger charge is 2.08. The van der Waals surface area contributed by atoms with Gasteiger partial charge in [0.1, 0.15) is 10.7 Å². The molecule has 0 spiro atoms. The Kier molecular flexibility index (Phi) is 4.11. The van der Waals surface area contributed by atoms with Gasteiger partial charge in [0.2, 0.25) is 0 Å². The maximum absolute atomic E-state index is 4.09. The van der Waals surface area contributed by atoms with Gasteiger partial charge in [-0.15, -0.1) is 5.10 Å². The van der Waals surface area contributed by atoms with Crippen molar-refractivity contribution < 1.29 is 0 Å². The molecule has 0 saturated carbocycles. The Hall–Kier alpha value is -0.680.